The van der Waals surface area contributed by atoms with Crippen molar-refractivity contribution >= 4 is 17.6 Å². The third-order valence-corrected chi connectivity index (χ3v) is 3.24. The van der Waals surface area contributed by atoms with Gasteiger partial charge in [-0.05, 0) is 17.7 Å². The molecule has 0 fully saturated rings. The van der Waals surface area contributed by atoms with E-state index in [9.17, 15) is 14.0 Å². The molecule has 1 amide bonds. The monoisotopic (exact) mass is 347 g/mol. The molecular weight excluding hydrogens is 329 g/mol. The number of carbonyl (C=O) groups is 2. The van der Waals surface area contributed by atoms with Crippen LogP contribution in [0.15, 0.2) is 42.5 Å². The van der Waals surface area contributed by atoms with Gasteiger partial charge in [0, 0.05) is 23.9 Å². The Bertz CT molecular complexity index is 741. The number of hydrogen-bond acceptors (Lipinski definition) is 5. The van der Waals surface area contributed by atoms with E-state index in [1.54, 1.807) is 24.3 Å². The van der Waals surface area contributed by atoms with Crippen molar-refractivity contribution in [3.63, 3.8) is 0 Å². The summed E-state index contributed by atoms with van der Waals surface area (Å²) >= 11 is 0. The van der Waals surface area contributed by atoms with Crippen molar-refractivity contribution in [1.82, 2.24) is 0 Å². The molecule has 0 atom stereocenters. The number of carbonyl (C=O) groups excluding carboxylic acids is 2. The van der Waals surface area contributed by atoms with E-state index in [0.717, 1.165) is 0 Å². The number of halogens is 1. The molecule has 6 nitrogen and oxygen atoms in total. The predicted molar refractivity (Wildman–Crippen MR) is 89.2 cm³/mol. The highest BCUT2D eigenvalue weighted by Crippen LogP contribution is 2.25. The van der Waals surface area contributed by atoms with Crippen molar-refractivity contribution in [2.24, 2.45) is 0 Å². The first-order chi connectivity index (χ1) is 12.0. The Kier molecular flexibility index (Phi) is 6.33. The summed E-state index contributed by atoms with van der Waals surface area (Å²) in [4.78, 5) is 23.6. The van der Waals surface area contributed by atoms with Gasteiger partial charge in [0.1, 0.15) is 17.3 Å². The summed E-state index contributed by atoms with van der Waals surface area (Å²) in [5.74, 6) is -0.544. The fourth-order valence-corrected chi connectivity index (χ4v) is 2.09. The molecule has 0 radical (unpaired) electrons. The molecule has 7 heteroatoms. The summed E-state index contributed by atoms with van der Waals surface area (Å²) in [6.07, 6.45) is -0.113. The Hall–Kier alpha value is -3.09. The molecule has 0 heterocycles. The zero-order chi connectivity index (χ0) is 18.2. The molecule has 0 unspecified atom stereocenters. The number of esters is 1. The number of nitrogens with one attached hydrogen (secondary N) is 1. The van der Waals surface area contributed by atoms with E-state index < -0.39 is 24.3 Å². The van der Waals surface area contributed by atoms with Gasteiger partial charge in [0.2, 0.25) is 0 Å². The second kappa shape index (κ2) is 8.68. The summed E-state index contributed by atoms with van der Waals surface area (Å²) in [6.45, 7) is -0.451. The highest BCUT2D eigenvalue weighted by atomic mass is 19.1. The van der Waals surface area contributed by atoms with Gasteiger partial charge in [-0.1, -0.05) is 12.1 Å². The minimum absolute atomic E-state index is 0.113. The van der Waals surface area contributed by atoms with Crippen LogP contribution in [-0.2, 0) is 20.7 Å². The molecule has 0 aliphatic rings. The van der Waals surface area contributed by atoms with Crippen LogP contribution in [0.4, 0.5) is 10.1 Å². The summed E-state index contributed by atoms with van der Waals surface area (Å²) in [5.41, 5.74) is 0.922. The van der Waals surface area contributed by atoms with Crippen LogP contribution in [0, 0.1) is 5.82 Å². The van der Waals surface area contributed by atoms with Crippen LogP contribution in [0.3, 0.4) is 0 Å². The molecule has 0 saturated carbocycles. The van der Waals surface area contributed by atoms with Gasteiger partial charge >= 0.3 is 5.97 Å². The van der Waals surface area contributed by atoms with E-state index in [0.29, 0.717) is 22.7 Å². The fourth-order valence-electron chi connectivity index (χ4n) is 2.09. The maximum atomic E-state index is 13.1. The molecule has 1 N–H and O–H groups in total. The lowest BCUT2D eigenvalue weighted by molar-refractivity contribution is -0.146. The number of benzene rings is 2. The van der Waals surface area contributed by atoms with E-state index in [4.69, 9.17) is 14.2 Å². The van der Waals surface area contributed by atoms with E-state index >= 15 is 0 Å². The van der Waals surface area contributed by atoms with Crippen LogP contribution in [0.5, 0.6) is 11.5 Å². The van der Waals surface area contributed by atoms with Gasteiger partial charge in [-0.25, -0.2) is 4.39 Å². The van der Waals surface area contributed by atoms with Crippen LogP contribution < -0.4 is 14.8 Å². The number of hydrogen-bond donors (Lipinski definition) is 1. The lowest BCUT2D eigenvalue weighted by atomic mass is 10.1. The van der Waals surface area contributed by atoms with Crippen molar-refractivity contribution in [3.8, 4) is 11.5 Å². The van der Waals surface area contributed by atoms with E-state index in [2.05, 4.69) is 5.32 Å². The molecule has 2 aromatic rings. The molecule has 2 aromatic carbocycles. The molecular formula is C18H18FNO5. The number of amides is 1. The molecule has 2 rings (SSSR count). The lowest BCUT2D eigenvalue weighted by Crippen LogP contribution is -2.21. The van der Waals surface area contributed by atoms with E-state index in [1.165, 1.54) is 32.4 Å². The Morgan fingerprint density at radius 1 is 1.04 bits per heavy atom. The van der Waals surface area contributed by atoms with Gasteiger partial charge in [-0.3, -0.25) is 9.59 Å². The van der Waals surface area contributed by atoms with Crippen molar-refractivity contribution in [2.75, 3.05) is 26.1 Å². The van der Waals surface area contributed by atoms with Gasteiger partial charge in [-0.2, -0.15) is 0 Å². The largest absolute Gasteiger partial charge is 0.497 e. The maximum Gasteiger partial charge on any atom is 0.310 e. The summed E-state index contributed by atoms with van der Waals surface area (Å²) in [6, 6.07) is 10.5. The number of ether oxygens (including phenoxy) is 3. The third kappa shape index (κ3) is 5.80. The standard InChI is InChI=1S/C18H18FNO5/c1-23-15-8-14(9-16(10-15)24-2)20-17(21)11-25-18(22)7-12-4-3-5-13(19)6-12/h3-6,8-10H,7,11H2,1-2H3,(H,20,21). The lowest BCUT2D eigenvalue weighted by Gasteiger charge is -2.10. The van der Waals surface area contributed by atoms with Crippen LogP contribution >= 0.6 is 0 Å². The molecule has 0 bridgehead atoms. The molecule has 0 aliphatic heterocycles. The second-order valence-corrected chi connectivity index (χ2v) is 5.12. The zero-order valence-corrected chi connectivity index (χ0v) is 13.9. The minimum Gasteiger partial charge on any atom is -0.497 e. The average molecular weight is 347 g/mol. The molecule has 0 aromatic heterocycles. The summed E-state index contributed by atoms with van der Waals surface area (Å²) in [7, 11) is 2.99. The van der Waals surface area contributed by atoms with E-state index in [1.807, 2.05) is 0 Å². The topological polar surface area (TPSA) is 73.9 Å². The van der Waals surface area contributed by atoms with Gasteiger partial charge in [-0.15, -0.1) is 0 Å². The normalized spacial score (nSPS) is 10.0. The van der Waals surface area contributed by atoms with Crippen LogP contribution in [0.25, 0.3) is 0 Å². The first kappa shape index (κ1) is 18.3. The second-order valence-electron chi connectivity index (χ2n) is 5.12. The Labute approximate surface area is 144 Å². The van der Waals surface area contributed by atoms with Gasteiger partial charge < -0.3 is 19.5 Å². The third-order valence-electron chi connectivity index (χ3n) is 3.24. The van der Waals surface area contributed by atoms with Crippen LogP contribution in [0.1, 0.15) is 5.56 Å². The SMILES string of the molecule is COc1cc(NC(=O)COC(=O)Cc2cccc(F)c2)cc(OC)c1. The van der Waals surface area contributed by atoms with Crippen molar-refractivity contribution in [3.05, 3.63) is 53.8 Å². The predicted octanol–water partition coefficient (Wildman–Crippen LogP) is 2.57. The Morgan fingerprint density at radius 3 is 2.32 bits per heavy atom. The fraction of sp³-hybridized carbons (Fsp3) is 0.222. The van der Waals surface area contributed by atoms with Gasteiger partial charge in [0.05, 0.1) is 20.6 Å². The average Bonchev–Trinajstić information content (AvgIpc) is 2.59. The summed E-state index contributed by atoms with van der Waals surface area (Å²) < 4.78 is 28.2. The summed E-state index contributed by atoms with van der Waals surface area (Å²) in [5, 5.41) is 2.58. The number of rotatable bonds is 7. The zero-order valence-electron chi connectivity index (χ0n) is 13.9. The van der Waals surface area contributed by atoms with Gasteiger partial charge in [0.15, 0.2) is 6.61 Å². The van der Waals surface area contributed by atoms with E-state index in [-0.39, 0.29) is 6.42 Å². The van der Waals surface area contributed by atoms with Crippen LogP contribution in [0.2, 0.25) is 0 Å². The molecule has 0 aliphatic carbocycles. The highest BCUT2D eigenvalue weighted by Gasteiger charge is 2.10. The Balaban J connectivity index is 1.87. The number of anilines is 1. The smallest absolute Gasteiger partial charge is 0.310 e. The van der Waals surface area contributed by atoms with Crippen molar-refractivity contribution in [2.45, 2.75) is 6.42 Å². The minimum atomic E-state index is -0.621. The molecule has 0 spiro atoms. The van der Waals surface area contributed by atoms with Gasteiger partial charge in [0.25, 0.3) is 5.91 Å². The first-order valence-electron chi connectivity index (χ1n) is 7.43. The number of methoxy groups -OCH3 is 2. The van der Waals surface area contributed by atoms with Crippen LogP contribution in [-0.4, -0.2) is 32.7 Å². The molecule has 0 saturated heterocycles. The first-order valence-corrected chi connectivity index (χ1v) is 7.43. The Morgan fingerprint density at radius 2 is 1.72 bits per heavy atom. The van der Waals surface area contributed by atoms with Crippen molar-refractivity contribution < 1.29 is 28.2 Å². The highest BCUT2D eigenvalue weighted by molar-refractivity contribution is 5.93. The maximum absolute atomic E-state index is 13.1. The quantitative estimate of drug-likeness (QED) is 0.779. The molecule has 25 heavy (non-hydrogen) atoms. The molecule has 132 valence electrons. The van der Waals surface area contributed by atoms with Crippen molar-refractivity contribution in [1.29, 1.82) is 0 Å².